The van der Waals surface area contributed by atoms with Crippen LogP contribution in [0.5, 0.6) is 11.6 Å². The van der Waals surface area contributed by atoms with Crippen LogP contribution in [0.15, 0.2) is 36.8 Å². The maximum atomic E-state index is 13.4. The molecule has 1 aliphatic rings. The molecule has 1 fully saturated rings. The second-order valence-corrected chi connectivity index (χ2v) is 8.90. The zero-order chi connectivity index (χ0) is 25.4. The predicted octanol–water partition coefficient (Wildman–Crippen LogP) is 4.59. The van der Waals surface area contributed by atoms with Gasteiger partial charge in [-0.2, -0.15) is 23.4 Å². The van der Waals surface area contributed by atoms with Crippen LogP contribution < -0.4 is 14.8 Å². The average Bonchev–Trinajstić information content (AvgIpc) is 3.42. The van der Waals surface area contributed by atoms with E-state index in [-0.39, 0.29) is 23.8 Å². The quantitative estimate of drug-likeness (QED) is 0.413. The van der Waals surface area contributed by atoms with Gasteiger partial charge in [0.05, 0.1) is 24.9 Å². The van der Waals surface area contributed by atoms with E-state index in [2.05, 4.69) is 25.5 Å². The number of aromatic nitrogens is 6. The third-order valence-electron chi connectivity index (χ3n) is 6.34. The van der Waals surface area contributed by atoms with Gasteiger partial charge in [-0.05, 0) is 31.7 Å². The summed E-state index contributed by atoms with van der Waals surface area (Å²) in [4.78, 5) is 8.13. The van der Waals surface area contributed by atoms with Crippen LogP contribution >= 0.6 is 0 Å². The van der Waals surface area contributed by atoms with E-state index in [4.69, 9.17) is 9.47 Å². The van der Waals surface area contributed by atoms with Crippen molar-refractivity contribution in [2.45, 2.75) is 44.0 Å². The molecule has 9 nitrogen and oxygen atoms in total. The number of nitrogens with one attached hydrogen (secondary N) is 1. The third-order valence-corrected chi connectivity index (χ3v) is 6.34. The second-order valence-electron chi connectivity index (χ2n) is 8.90. The Morgan fingerprint density at radius 3 is 2.53 bits per heavy atom. The zero-order valence-electron chi connectivity index (χ0n) is 20.1. The van der Waals surface area contributed by atoms with Gasteiger partial charge in [-0.1, -0.05) is 0 Å². The number of hydrogen-bond donors (Lipinski definition) is 1. The highest BCUT2D eigenvalue weighted by atomic mass is 19.4. The maximum Gasteiger partial charge on any atom is 0.437 e. The maximum absolute atomic E-state index is 13.4. The van der Waals surface area contributed by atoms with Crippen LogP contribution in [0.1, 0.15) is 31.4 Å². The van der Waals surface area contributed by atoms with Crippen molar-refractivity contribution >= 4 is 16.7 Å². The van der Waals surface area contributed by atoms with E-state index >= 15 is 0 Å². The number of anilines is 1. The molecule has 190 valence electrons. The number of rotatable bonds is 6. The van der Waals surface area contributed by atoms with E-state index in [9.17, 15) is 13.2 Å². The fraction of sp³-hybridized carbons (Fsp3) is 0.417. The van der Waals surface area contributed by atoms with E-state index in [0.717, 1.165) is 40.8 Å². The molecule has 4 heterocycles. The number of pyridine rings is 2. The highest BCUT2D eigenvalue weighted by Gasteiger charge is 2.38. The summed E-state index contributed by atoms with van der Waals surface area (Å²) in [5, 5.41) is 13.2. The van der Waals surface area contributed by atoms with Gasteiger partial charge < -0.3 is 14.8 Å². The summed E-state index contributed by atoms with van der Waals surface area (Å²) in [5.74, 6) is 0.354. The first-order chi connectivity index (χ1) is 17.2. The molecule has 0 aliphatic heterocycles. The summed E-state index contributed by atoms with van der Waals surface area (Å²) in [7, 11) is 5.02. The van der Waals surface area contributed by atoms with Crippen LogP contribution in [-0.2, 0) is 20.3 Å². The largest absolute Gasteiger partial charge is 0.488 e. The molecule has 1 aliphatic carbocycles. The van der Waals surface area contributed by atoms with Crippen LogP contribution in [-0.4, -0.2) is 48.8 Å². The summed E-state index contributed by atoms with van der Waals surface area (Å²) in [5.41, 5.74) is 1.62. The number of methoxy groups -OCH3 is 1. The summed E-state index contributed by atoms with van der Waals surface area (Å²) >= 11 is 0. The number of halogens is 3. The summed E-state index contributed by atoms with van der Waals surface area (Å²) in [6.07, 6.45) is 3.23. The van der Waals surface area contributed by atoms with Crippen molar-refractivity contribution in [2.24, 2.45) is 14.1 Å². The molecule has 0 unspecified atom stereocenters. The molecule has 0 aromatic carbocycles. The van der Waals surface area contributed by atoms with Gasteiger partial charge in [0.15, 0.2) is 11.4 Å². The van der Waals surface area contributed by atoms with E-state index < -0.39 is 11.9 Å². The van der Waals surface area contributed by atoms with Gasteiger partial charge in [-0.15, -0.1) is 0 Å². The number of aryl methyl sites for hydroxylation is 2. The molecule has 0 atom stereocenters. The number of alkyl halides is 3. The van der Waals surface area contributed by atoms with Gasteiger partial charge in [0, 0.05) is 55.6 Å². The van der Waals surface area contributed by atoms with E-state index in [1.54, 1.807) is 17.1 Å². The van der Waals surface area contributed by atoms with Crippen molar-refractivity contribution < 1.29 is 22.6 Å². The Balaban J connectivity index is 1.24. The molecule has 36 heavy (non-hydrogen) atoms. The highest BCUT2D eigenvalue weighted by molar-refractivity contribution is 5.93. The van der Waals surface area contributed by atoms with Crippen molar-refractivity contribution in [3.8, 4) is 22.9 Å². The minimum absolute atomic E-state index is 0.104. The fourth-order valence-electron chi connectivity index (χ4n) is 4.54. The lowest BCUT2D eigenvalue weighted by Gasteiger charge is -2.30. The van der Waals surface area contributed by atoms with E-state index in [0.29, 0.717) is 12.8 Å². The zero-order valence-corrected chi connectivity index (χ0v) is 20.1. The molecule has 1 saturated carbocycles. The van der Waals surface area contributed by atoms with Crippen molar-refractivity contribution in [1.82, 2.24) is 29.5 Å². The lowest BCUT2D eigenvalue weighted by Crippen LogP contribution is -2.32. The van der Waals surface area contributed by atoms with Gasteiger partial charge in [0.1, 0.15) is 11.5 Å². The molecule has 12 heteroatoms. The normalized spacial score (nSPS) is 18.4. The molecular formula is C24H26F3N7O2. The SMILES string of the molecule is COc1ccc(OC2CCC(Nc3cc4c(cn3)c(-c3cnn(C)c3)nn4C)CC2)c(C(F)(F)F)n1. The van der Waals surface area contributed by atoms with Crippen LogP contribution in [0.2, 0.25) is 0 Å². The molecule has 4 aromatic rings. The van der Waals surface area contributed by atoms with Crippen molar-refractivity contribution in [3.05, 3.63) is 42.5 Å². The van der Waals surface area contributed by atoms with Crippen molar-refractivity contribution in [3.63, 3.8) is 0 Å². The van der Waals surface area contributed by atoms with Crippen LogP contribution in [0, 0.1) is 0 Å². The topological polar surface area (TPSA) is 91.9 Å². The second kappa shape index (κ2) is 9.32. The van der Waals surface area contributed by atoms with Gasteiger partial charge in [-0.3, -0.25) is 9.36 Å². The lowest BCUT2D eigenvalue weighted by atomic mass is 9.93. The number of fused-ring (bicyclic) bond motifs is 1. The van der Waals surface area contributed by atoms with Gasteiger partial charge in [0.25, 0.3) is 0 Å². The highest BCUT2D eigenvalue weighted by Crippen LogP contribution is 2.38. The predicted molar refractivity (Wildman–Crippen MR) is 127 cm³/mol. The molecule has 1 N–H and O–H groups in total. The molecular weight excluding hydrogens is 475 g/mol. The third kappa shape index (κ3) is 4.79. The standard InChI is InChI=1S/C24H26F3N7O2/c1-33-13-14(11-29-33)22-17-12-28-20(10-18(17)34(2)32-22)30-15-4-6-16(7-5-15)36-19-8-9-21(35-3)31-23(19)24(25,26)27/h8-13,15-16H,4-7H2,1-3H3,(H,28,30). The van der Waals surface area contributed by atoms with Crippen molar-refractivity contribution in [2.75, 3.05) is 12.4 Å². The first kappa shape index (κ1) is 23.9. The Morgan fingerprint density at radius 1 is 1.08 bits per heavy atom. The van der Waals surface area contributed by atoms with Gasteiger partial charge >= 0.3 is 6.18 Å². The molecule has 4 aromatic heterocycles. The Labute approximate surface area is 205 Å². The lowest BCUT2D eigenvalue weighted by molar-refractivity contribution is -0.143. The first-order valence-electron chi connectivity index (χ1n) is 11.6. The Kier molecular flexibility index (Phi) is 6.19. The fourth-order valence-corrected chi connectivity index (χ4v) is 4.54. The van der Waals surface area contributed by atoms with Crippen LogP contribution in [0.25, 0.3) is 22.2 Å². The number of ether oxygens (including phenoxy) is 2. The minimum Gasteiger partial charge on any atom is -0.488 e. The molecule has 5 rings (SSSR count). The minimum atomic E-state index is -4.63. The Hall–Kier alpha value is -3.83. The van der Waals surface area contributed by atoms with E-state index in [1.807, 2.05) is 31.0 Å². The Morgan fingerprint density at radius 2 is 1.86 bits per heavy atom. The van der Waals surface area contributed by atoms with Crippen LogP contribution in [0.4, 0.5) is 19.0 Å². The average molecular weight is 502 g/mol. The van der Waals surface area contributed by atoms with E-state index in [1.165, 1.54) is 19.2 Å². The van der Waals surface area contributed by atoms with Gasteiger partial charge in [-0.25, -0.2) is 9.97 Å². The van der Waals surface area contributed by atoms with Crippen molar-refractivity contribution in [1.29, 1.82) is 0 Å². The molecule has 0 radical (unpaired) electrons. The molecule has 0 bridgehead atoms. The molecule has 0 saturated heterocycles. The van der Waals surface area contributed by atoms with Gasteiger partial charge in [0.2, 0.25) is 5.88 Å². The number of hydrogen-bond acceptors (Lipinski definition) is 7. The first-order valence-corrected chi connectivity index (χ1v) is 11.6. The summed E-state index contributed by atoms with van der Waals surface area (Å²) < 4.78 is 54.4. The summed E-state index contributed by atoms with van der Waals surface area (Å²) in [6.45, 7) is 0. The smallest absolute Gasteiger partial charge is 0.437 e. The van der Waals surface area contributed by atoms with Crippen LogP contribution in [0.3, 0.4) is 0 Å². The molecule has 0 amide bonds. The monoisotopic (exact) mass is 501 g/mol. The molecule has 0 spiro atoms. The number of nitrogens with zero attached hydrogens (tertiary/aromatic N) is 6. The summed E-state index contributed by atoms with van der Waals surface area (Å²) in [6, 6.07) is 4.74. The Bertz CT molecular complexity index is 1370.